The summed E-state index contributed by atoms with van der Waals surface area (Å²) in [6.45, 7) is 7.45. The number of halogens is 6. The summed E-state index contributed by atoms with van der Waals surface area (Å²) < 4.78 is 86.8. The van der Waals surface area contributed by atoms with Crippen LogP contribution in [0.5, 0.6) is 0 Å². The maximum Gasteiger partial charge on any atom is 0.418 e. The van der Waals surface area contributed by atoms with Gasteiger partial charge in [-0.2, -0.15) is 26.3 Å². The van der Waals surface area contributed by atoms with Crippen LogP contribution in [0.2, 0.25) is 0 Å². The van der Waals surface area contributed by atoms with Crippen LogP contribution in [-0.2, 0) is 17.1 Å². The molecule has 0 aromatic carbocycles. The molecule has 0 unspecified atom stereocenters. The Labute approximate surface area is 253 Å². The Balaban J connectivity index is 1.18. The minimum Gasteiger partial charge on any atom is -0.379 e. The second-order valence-electron chi connectivity index (χ2n) is 10.6. The van der Waals surface area contributed by atoms with E-state index in [0.717, 1.165) is 63.8 Å². The summed E-state index contributed by atoms with van der Waals surface area (Å²) in [6.07, 6.45) is -6.13. The van der Waals surface area contributed by atoms with E-state index in [-0.39, 0.29) is 28.5 Å². The first-order valence-electron chi connectivity index (χ1n) is 14.2. The zero-order valence-corrected chi connectivity index (χ0v) is 23.8. The second-order valence-corrected chi connectivity index (χ2v) is 10.6. The SMILES string of the molecule is FC(F)(F)c1ccc(Nc2ccnc3nc(-c4nnc(N5CCN(CCN6CCOCC6)CC5)cc4C(F)(F)F)cnc23)nc1. The molecule has 0 amide bonds. The highest BCUT2D eigenvalue weighted by Gasteiger charge is 2.37. The van der Waals surface area contributed by atoms with Gasteiger partial charge in [0.05, 0.1) is 36.2 Å². The third kappa shape index (κ3) is 7.20. The van der Waals surface area contributed by atoms with Crippen molar-refractivity contribution in [2.75, 3.05) is 75.8 Å². The van der Waals surface area contributed by atoms with Gasteiger partial charge < -0.3 is 15.0 Å². The maximum absolute atomic E-state index is 14.3. The Morgan fingerprint density at radius 2 is 1.51 bits per heavy atom. The fraction of sp³-hybridized carbons (Fsp3) is 0.429. The molecule has 0 saturated carbocycles. The number of pyridine rings is 2. The van der Waals surface area contributed by atoms with Crippen LogP contribution < -0.4 is 10.2 Å². The summed E-state index contributed by atoms with van der Waals surface area (Å²) in [7, 11) is 0. The summed E-state index contributed by atoms with van der Waals surface area (Å²) in [5.41, 5.74) is -2.11. The monoisotopic (exact) mass is 634 g/mol. The first-order valence-corrected chi connectivity index (χ1v) is 14.2. The highest BCUT2D eigenvalue weighted by molar-refractivity contribution is 5.87. The summed E-state index contributed by atoms with van der Waals surface area (Å²) in [5.74, 6) is 0.224. The maximum atomic E-state index is 14.3. The number of anilines is 3. The Morgan fingerprint density at radius 3 is 2.18 bits per heavy atom. The average molecular weight is 635 g/mol. The minimum absolute atomic E-state index is 0.00314. The summed E-state index contributed by atoms with van der Waals surface area (Å²) in [6, 6.07) is 4.50. The molecule has 11 nitrogen and oxygen atoms in total. The number of hydrogen-bond donors (Lipinski definition) is 1. The lowest BCUT2D eigenvalue weighted by Gasteiger charge is -2.36. The van der Waals surface area contributed by atoms with Gasteiger partial charge in [0.1, 0.15) is 22.7 Å². The number of piperazine rings is 1. The molecule has 0 bridgehead atoms. The minimum atomic E-state index is -4.75. The van der Waals surface area contributed by atoms with Crippen molar-refractivity contribution < 1.29 is 31.1 Å². The first-order chi connectivity index (χ1) is 21.5. The van der Waals surface area contributed by atoms with Crippen molar-refractivity contribution in [1.82, 2.24) is 39.9 Å². The van der Waals surface area contributed by atoms with Gasteiger partial charge in [0.15, 0.2) is 11.5 Å². The molecule has 2 fully saturated rings. The molecular weight excluding hydrogens is 606 g/mol. The van der Waals surface area contributed by atoms with Crippen molar-refractivity contribution in [3.8, 4) is 11.4 Å². The predicted molar refractivity (Wildman–Crippen MR) is 152 cm³/mol. The van der Waals surface area contributed by atoms with Gasteiger partial charge in [-0.3, -0.25) is 9.80 Å². The van der Waals surface area contributed by atoms with Gasteiger partial charge in [0.25, 0.3) is 0 Å². The van der Waals surface area contributed by atoms with Gasteiger partial charge in [0, 0.05) is 64.8 Å². The predicted octanol–water partition coefficient (Wildman–Crippen LogP) is 4.11. The molecule has 238 valence electrons. The van der Waals surface area contributed by atoms with Gasteiger partial charge in [0.2, 0.25) is 0 Å². The average Bonchev–Trinajstić information content (AvgIpc) is 3.03. The molecule has 0 atom stereocenters. The number of nitrogens with one attached hydrogen (secondary N) is 1. The zero-order chi connectivity index (χ0) is 31.6. The lowest BCUT2D eigenvalue weighted by Crippen LogP contribution is -2.49. The van der Waals surface area contributed by atoms with E-state index in [4.69, 9.17) is 4.74 Å². The molecular formula is C28H28F6N10O. The van der Waals surface area contributed by atoms with E-state index in [1.165, 1.54) is 12.3 Å². The fourth-order valence-electron chi connectivity index (χ4n) is 5.16. The van der Waals surface area contributed by atoms with E-state index in [0.29, 0.717) is 38.1 Å². The Morgan fingerprint density at radius 1 is 0.778 bits per heavy atom. The zero-order valence-electron chi connectivity index (χ0n) is 23.8. The number of fused-ring (bicyclic) bond motifs is 1. The summed E-state index contributed by atoms with van der Waals surface area (Å²) in [5, 5.41) is 10.9. The van der Waals surface area contributed by atoms with Gasteiger partial charge in [-0.05, 0) is 24.3 Å². The van der Waals surface area contributed by atoms with Gasteiger partial charge in [-0.25, -0.2) is 19.9 Å². The second kappa shape index (κ2) is 12.6. The van der Waals surface area contributed by atoms with Gasteiger partial charge >= 0.3 is 12.4 Å². The van der Waals surface area contributed by atoms with Crippen molar-refractivity contribution in [3.05, 3.63) is 54.0 Å². The third-order valence-corrected chi connectivity index (χ3v) is 7.66. The molecule has 4 aromatic heterocycles. The molecule has 17 heteroatoms. The molecule has 2 aliphatic rings. The Bertz CT molecular complexity index is 1620. The Kier molecular flexibility index (Phi) is 8.65. The molecule has 0 spiro atoms. The molecule has 45 heavy (non-hydrogen) atoms. The number of nitrogens with zero attached hydrogens (tertiary/aromatic N) is 9. The van der Waals surface area contributed by atoms with Crippen molar-refractivity contribution in [3.63, 3.8) is 0 Å². The Hall–Kier alpha value is -4.22. The van der Waals surface area contributed by atoms with Crippen molar-refractivity contribution in [1.29, 1.82) is 0 Å². The highest BCUT2D eigenvalue weighted by atomic mass is 19.4. The summed E-state index contributed by atoms with van der Waals surface area (Å²) >= 11 is 0. The normalized spacial score (nSPS) is 17.2. The molecule has 2 saturated heterocycles. The molecule has 1 N–H and O–H groups in total. The number of hydrogen-bond acceptors (Lipinski definition) is 11. The van der Waals surface area contributed by atoms with Crippen molar-refractivity contribution >= 4 is 28.5 Å². The van der Waals surface area contributed by atoms with Crippen LogP contribution in [-0.4, -0.2) is 106 Å². The summed E-state index contributed by atoms with van der Waals surface area (Å²) in [4.78, 5) is 22.8. The van der Waals surface area contributed by atoms with E-state index >= 15 is 0 Å². The van der Waals surface area contributed by atoms with Crippen LogP contribution in [0.25, 0.3) is 22.6 Å². The molecule has 0 radical (unpaired) electrons. The topological polar surface area (TPSA) is 108 Å². The molecule has 4 aromatic rings. The van der Waals surface area contributed by atoms with Crippen LogP contribution in [0.15, 0.2) is 42.9 Å². The van der Waals surface area contributed by atoms with Crippen LogP contribution in [0.4, 0.5) is 43.7 Å². The lowest BCUT2D eigenvalue weighted by atomic mass is 10.1. The van der Waals surface area contributed by atoms with E-state index < -0.39 is 29.2 Å². The quantitative estimate of drug-likeness (QED) is 0.297. The van der Waals surface area contributed by atoms with E-state index in [1.807, 2.05) is 0 Å². The van der Waals surface area contributed by atoms with Crippen LogP contribution in [0.1, 0.15) is 11.1 Å². The van der Waals surface area contributed by atoms with E-state index in [9.17, 15) is 26.3 Å². The number of ether oxygens (including phenoxy) is 1. The molecule has 2 aliphatic heterocycles. The van der Waals surface area contributed by atoms with Crippen LogP contribution in [0, 0.1) is 0 Å². The van der Waals surface area contributed by atoms with Gasteiger partial charge in [-0.15, -0.1) is 10.2 Å². The van der Waals surface area contributed by atoms with Gasteiger partial charge in [-0.1, -0.05) is 0 Å². The number of rotatable bonds is 7. The standard InChI is InChI=1S/C28H28F6N10O/c29-27(30,31)18-1-2-22(36-16-18)38-20-3-4-35-26-25(20)37-17-21(39-26)24-19(28(32,33)34)15-23(40-41-24)44-9-7-42(8-10-44)5-6-43-11-13-45-14-12-43/h1-4,15-17H,5-14H2,(H,35,36,38,39). The number of aromatic nitrogens is 6. The largest absolute Gasteiger partial charge is 0.418 e. The first kappa shape index (κ1) is 30.8. The number of morpholine rings is 1. The van der Waals surface area contributed by atoms with E-state index in [1.54, 1.807) is 4.90 Å². The van der Waals surface area contributed by atoms with E-state index in [2.05, 4.69) is 45.2 Å². The smallest absolute Gasteiger partial charge is 0.379 e. The molecule has 6 rings (SSSR count). The van der Waals surface area contributed by atoms with Crippen LogP contribution >= 0.6 is 0 Å². The third-order valence-electron chi connectivity index (χ3n) is 7.66. The molecule has 6 heterocycles. The highest BCUT2D eigenvalue weighted by Crippen LogP contribution is 2.37. The molecule has 0 aliphatic carbocycles. The number of alkyl halides is 6. The van der Waals surface area contributed by atoms with Crippen molar-refractivity contribution in [2.45, 2.75) is 12.4 Å². The fourth-order valence-corrected chi connectivity index (χ4v) is 5.16. The van der Waals surface area contributed by atoms with Crippen molar-refractivity contribution in [2.24, 2.45) is 0 Å². The lowest BCUT2D eigenvalue weighted by molar-refractivity contribution is -0.138. The van der Waals surface area contributed by atoms with Crippen LogP contribution in [0.3, 0.4) is 0 Å².